The van der Waals surface area contributed by atoms with Crippen molar-refractivity contribution in [3.05, 3.63) is 48.3 Å². The lowest BCUT2D eigenvalue weighted by Crippen LogP contribution is -2.40. The molecular formula is C14H16N2O5. The SMILES string of the molecule is O=C(NCC[C@H](O)c1ccco1)C(=O)NCc1ccco1. The van der Waals surface area contributed by atoms with E-state index in [9.17, 15) is 14.7 Å². The van der Waals surface area contributed by atoms with Gasteiger partial charge in [-0.25, -0.2) is 0 Å². The molecule has 0 saturated heterocycles. The second-order valence-corrected chi connectivity index (χ2v) is 4.34. The Morgan fingerprint density at radius 1 is 1.10 bits per heavy atom. The monoisotopic (exact) mass is 292 g/mol. The molecule has 2 amide bonds. The minimum atomic E-state index is -0.813. The quantitative estimate of drug-likeness (QED) is 0.681. The Kier molecular flexibility index (Phi) is 5.16. The molecule has 0 bridgehead atoms. The van der Waals surface area contributed by atoms with Gasteiger partial charge >= 0.3 is 11.8 Å². The summed E-state index contributed by atoms with van der Waals surface area (Å²) in [4.78, 5) is 23.0. The zero-order chi connectivity index (χ0) is 15.1. The Labute approximate surface area is 120 Å². The summed E-state index contributed by atoms with van der Waals surface area (Å²) in [5.74, 6) is -0.525. The zero-order valence-electron chi connectivity index (χ0n) is 11.2. The number of carbonyl (C=O) groups excluding carboxylic acids is 2. The Bertz CT molecular complexity index is 562. The van der Waals surface area contributed by atoms with Gasteiger partial charge in [0.1, 0.15) is 17.6 Å². The topological polar surface area (TPSA) is 105 Å². The van der Waals surface area contributed by atoms with Crippen LogP contribution in [0.4, 0.5) is 0 Å². The highest BCUT2D eigenvalue weighted by Crippen LogP contribution is 2.15. The molecule has 2 heterocycles. The summed E-state index contributed by atoms with van der Waals surface area (Å²) in [5.41, 5.74) is 0. The molecule has 2 aromatic heterocycles. The van der Waals surface area contributed by atoms with Gasteiger partial charge in [0.2, 0.25) is 0 Å². The number of aliphatic hydroxyl groups excluding tert-OH is 1. The average Bonchev–Trinajstić information content (AvgIpc) is 3.17. The third kappa shape index (κ3) is 4.50. The van der Waals surface area contributed by atoms with E-state index in [0.29, 0.717) is 11.5 Å². The van der Waals surface area contributed by atoms with Crippen LogP contribution in [-0.4, -0.2) is 23.5 Å². The summed E-state index contributed by atoms with van der Waals surface area (Å²) < 4.78 is 10.1. The summed E-state index contributed by atoms with van der Waals surface area (Å²) in [6.07, 6.45) is 2.38. The first-order chi connectivity index (χ1) is 10.2. The number of furan rings is 2. The van der Waals surface area contributed by atoms with E-state index in [2.05, 4.69) is 10.6 Å². The average molecular weight is 292 g/mol. The van der Waals surface area contributed by atoms with E-state index in [0.717, 1.165) is 0 Å². The summed E-state index contributed by atoms with van der Waals surface area (Å²) in [7, 11) is 0. The maximum atomic E-state index is 11.5. The van der Waals surface area contributed by atoms with Crippen LogP contribution in [0, 0.1) is 0 Å². The van der Waals surface area contributed by atoms with Crippen LogP contribution in [0.15, 0.2) is 45.6 Å². The largest absolute Gasteiger partial charge is 0.467 e. The normalized spacial score (nSPS) is 11.9. The second-order valence-electron chi connectivity index (χ2n) is 4.34. The van der Waals surface area contributed by atoms with Gasteiger partial charge in [0.15, 0.2) is 0 Å². The lowest BCUT2D eigenvalue weighted by molar-refractivity contribution is -0.139. The van der Waals surface area contributed by atoms with Gasteiger partial charge in [0, 0.05) is 6.54 Å². The summed E-state index contributed by atoms with van der Waals surface area (Å²) in [5, 5.41) is 14.6. The van der Waals surface area contributed by atoms with Crippen LogP contribution >= 0.6 is 0 Å². The van der Waals surface area contributed by atoms with E-state index in [-0.39, 0.29) is 19.5 Å². The van der Waals surface area contributed by atoms with Crippen LogP contribution in [0.1, 0.15) is 24.0 Å². The lowest BCUT2D eigenvalue weighted by Gasteiger charge is -2.08. The van der Waals surface area contributed by atoms with Crippen molar-refractivity contribution in [2.75, 3.05) is 6.54 Å². The number of nitrogens with one attached hydrogen (secondary N) is 2. The van der Waals surface area contributed by atoms with Gasteiger partial charge in [-0.15, -0.1) is 0 Å². The minimum absolute atomic E-state index is 0.147. The Hall–Kier alpha value is -2.54. The van der Waals surface area contributed by atoms with E-state index < -0.39 is 17.9 Å². The molecule has 0 radical (unpaired) electrons. The summed E-state index contributed by atoms with van der Waals surface area (Å²) in [6, 6.07) is 6.69. The fourth-order valence-electron chi connectivity index (χ4n) is 1.69. The minimum Gasteiger partial charge on any atom is -0.467 e. The second kappa shape index (κ2) is 7.30. The maximum Gasteiger partial charge on any atom is 0.309 e. The van der Waals surface area contributed by atoms with E-state index >= 15 is 0 Å². The van der Waals surface area contributed by atoms with Crippen molar-refractivity contribution in [1.82, 2.24) is 10.6 Å². The highest BCUT2D eigenvalue weighted by Gasteiger charge is 2.15. The Morgan fingerprint density at radius 3 is 2.48 bits per heavy atom. The molecule has 0 fully saturated rings. The molecule has 0 spiro atoms. The number of carbonyl (C=O) groups is 2. The number of hydrogen-bond donors (Lipinski definition) is 3. The predicted octanol–water partition coefficient (Wildman–Crippen LogP) is 0.729. The van der Waals surface area contributed by atoms with Gasteiger partial charge in [-0.2, -0.15) is 0 Å². The van der Waals surface area contributed by atoms with Gasteiger partial charge in [0.25, 0.3) is 0 Å². The molecule has 112 valence electrons. The molecule has 2 rings (SSSR count). The van der Waals surface area contributed by atoms with Gasteiger partial charge in [0.05, 0.1) is 19.1 Å². The number of amides is 2. The van der Waals surface area contributed by atoms with E-state index in [1.54, 1.807) is 24.3 Å². The molecule has 0 aliphatic carbocycles. The number of hydrogen-bond acceptors (Lipinski definition) is 5. The van der Waals surface area contributed by atoms with E-state index in [4.69, 9.17) is 8.83 Å². The number of aliphatic hydroxyl groups is 1. The molecule has 2 aromatic rings. The van der Waals surface area contributed by atoms with E-state index in [1.807, 2.05) is 0 Å². The first-order valence-electron chi connectivity index (χ1n) is 6.46. The predicted molar refractivity (Wildman–Crippen MR) is 71.8 cm³/mol. The third-order valence-corrected chi connectivity index (χ3v) is 2.78. The van der Waals surface area contributed by atoms with E-state index in [1.165, 1.54) is 12.5 Å². The first kappa shape index (κ1) is 14.9. The van der Waals surface area contributed by atoms with Crippen molar-refractivity contribution in [2.24, 2.45) is 0 Å². The smallest absolute Gasteiger partial charge is 0.309 e. The van der Waals surface area contributed by atoms with Crippen molar-refractivity contribution < 1.29 is 23.5 Å². The highest BCUT2D eigenvalue weighted by molar-refractivity contribution is 6.35. The molecule has 0 aliphatic rings. The molecule has 0 aromatic carbocycles. The molecule has 7 heteroatoms. The third-order valence-electron chi connectivity index (χ3n) is 2.78. The van der Waals surface area contributed by atoms with Crippen molar-refractivity contribution in [2.45, 2.75) is 19.1 Å². The zero-order valence-corrected chi connectivity index (χ0v) is 11.2. The lowest BCUT2D eigenvalue weighted by atomic mass is 10.2. The molecular weight excluding hydrogens is 276 g/mol. The van der Waals surface area contributed by atoms with Crippen molar-refractivity contribution in [3.63, 3.8) is 0 Å². The molecule has 0 saturated carbocycles. The highest BCUT2D eigenvalue weighted by atomic mass is 16.4. The molecule has 0 unspecified atom stereocenters. The molecule has 21 heavy (non-hydrogen) atoms. The van der Waals surface area contributed by atoms with Crippen LogP contribution in [0.25, 0.3) is 0 Å². The Balaban J connectivity index is 1.65. The maximum absolute atomic E-state index is 11.5. The van der Waals surface area contributed by atoms with Crippen LogP contribution in [-0.2, 0) is 16.1 Å². The van der Waals surface area contributed by atoms with Crippen LogP contribution in [0.5, 0.6) is 0 Å². The standard InChI is InChI=1S/C14H16N2O5/c17-11(12-4-2-8-21-12)5-6-15-13(18)14(19)16-9-10-3-1-7-20-10/h1-4,7-8,11,17H,5-6,9H2,(H,15,18)(H,16,19)/t11-/m0/s1. The number of rotatable bonds is 6. The van der Waals surface area contributed by atoms with Crippen molar-refractivity contribution in [1.29, 1.82) is 0 Å². The van der Waals surface area contributed by atoms with Crippen LogP contribution in [0.3, 0.4) is 0 Å². The first-order valence-corrected chi connectivity index (χ1v) is 6.46. The molecule has 1 atom stereocenters. The van der Waals surface area contributed by atoms with Gasteiger partial charge in [-0.05, 0) is 30.7 Å². The van der Waals surface area contributed by atoms with Crippen molar-refractivity contribution >= 4 is 11.8 Å². The van der Waals surface area contributed by atoms with Gasteiger partial charge in [-0.3, -0.25) is 9.59 Å². The molecule has 0 aliphatic heterocycles. The summed E-state index contributed by atoms with van der Waals surface area (Å²) in [6.45, 7) is 0.309. The van der Waals surface area contributed by atoms with Gasteiger partial charge in [-0.1, -0.05) is 0 Å². The molecule has 7 nitrogen and oxygen atoms in total. The molecule has 3 N–H and O–H groups in total. The fraction of sp³-hybridized carbons (Fsp3) is 0.286. The summed E-state index contributed by atoms with van der Waals surface area (Å²) >= 11 is 0. The van der Waals surface area contributed by atoms with Gasteiger partial charge < -0.3 is 24.6 Å². The fourth-order valence-corrected chi connectivity index (χ4v) is 1.69. The Morgan fingerprint density at radius 2 is 1.81 bits per heavy atom. The van der Waals surface area contributed by atoms with Crippen molar-refractivity contribution in [3.8, 4) is 0 Å². The van der Waals surface area contributed by atoms with Crippen LogP contribution < -0.4 is 10.6 Å². The van der Waals surface area contributed by atoms with Crippen LogP contribution in [0.2, 0.25) is 0 Å².